The molecule has 1 heterocycles. The summed E-state index contributed by atoms with van der Waals surface area (Å²) in [6.45, 7) is 2.90. The smallest absolute Gasteiger partial charge is 0.338 e. The first-order valence-electron chi connectivity index (χ1n) is 7.93. The van der Waals surface area contributed by atoms with Crippen molar-refractivity contribution >= 4 is 21.9 Å². The molecule has 0 spiro atoms. The molecule has 0 aromatic heterocycles. The van der Waals surface area contributed by atoms with E-state index in [1.165, 1.54) is 5.56 Å². The van der Waals surface area contributed by atoms with Crippen LogP contribution >= 0.6 is 15.9 Å². The van der Waals surface area contributed by atoms with Crippen LogP contribution in [0.1, 0.15) is 28.8 Å². The normalized spacial score (nSPS) is 16.2. The summed E-state index contributed by atoms with van der Waals surface area (Å²) in [6.07, 6.45) is 1.82. The number of carbonyl (C=O) groups is 1. The van der Waals surface area contributed by atoms with Crippen molar-refractivity contribution in [2.45, 2.75) is 25.5 Å². The van der Waals surface area contributed by atoms with E-state index >= 15 is 0 Å². The molecule has 1 saturated heterocycles. The van der Waals surface area contributed by atoms with Gasteiger partial charge in [0.25, 0.3) is 0 Å². The van der Waals surface area contributed by atoms with Crippen LogP contribution in [0.4, 0.5) is 0 Å². The third-order valence-electron chi connectivity index (χ3n) is 4.14. The zero-order valence-corrected chi connectivity index (χ0v) is 14.5. The lowest BCUT2D eigenvalue weighted by Crippen LogP contribution is -2.37. The van der Waals surface area contributed by atoms with Crippen molar-refractivity contribution in [3.05, 3.63) is 70.2 Å². The first-order chi connectivity index (χ1) is 11.2. The molecule has 4 heteroatoms. The molecule has 2 aromatic rings. The third kappa shape index (κ3) is 4.66. The van der Waals surface area contributed by atoms with Crippen molar-refractivity contribution in [1.82, 2.24) is 4.90 Å². The van der Waals surface area contributed by atoms with Gasteiger partial charge >= 0.3 is 5.97 Å². The van der Waals surface area contributed by atoms with E-state index in [1.54, 1.807) is 12.1 Å². The second-order valence-electron chi connectivity index (χ2n) is 5.87. The molecule has 23 heavy (non-hydrogen) atoms. The van der Waals surface area contributed by atoms with Crippen LogP contribution in [0.5, 0.6) is 0 Å². The van der Waals surface area contributed by atoms with Crippen molar-refractivity contribution in [2.75, 3.05) is 13.1 Å². The van der Waals surface area contributed by atoms with Gasteiger partial charge in [-0.25, -0.2) is 4.79 Å². The van der Waals surface area contributed by atoms with Gasteiger partial charge in [0.05, 0.1) is 5.56 Å². The highest BCUT2D eigenvalue weighted by Crippen LogP contribution is 2.18. The SMILES string of the molecule is O=C(OC1CCN(Cc2ccccc2)CC1)c1ccc(Br)cc1. The van der Waals surface area contributed by atoms with Crippen LogP contribution in [-0.4, -0.2) is 30.1 Å². The molecule has 0 amide bonds. The van der Waals surface area contributed by atoms with Gasteiger partial charge in [0, 0.05) is 24.1 Å². The topological polar surface area (TPSA) is 29.5 Å². The van der Waals surface area contributed by atoms with E-state index in [2.05, 4.69) is 45.1 Å². The summed E-state index contributed by atoms with van der Waals surface area (Å²) in [5.74, 6) is -0.223. The Morgan fingerprint density at radius 2 is 1.70 bits per heavy atom. The van der Waals surface area contributed by atoms with E-state index in [4.69, 9.17) is 4.74 Å². The van der Waals surface area contributed by atoms with Crippen LogP contribution in [0.25, 0.3) is 0 Å². The Morgan fingerprint density at radius 3 is 2.35 bits per heavy atom. The number of hydrogen-bond donors (Lipinski definition) is 0. The lowest BCUT2D eigenvalue weighted by Gasteiger charge is -2.31. The van der Waals surface area contributed by atoms with Gasteiger partial charge < -0.3 is 4.74 Å². The summed E-state index contributed by atoms with van der Waals surface area (Å²) >= 11 is 3.37. The lowest BCUT2D eigenvalue weighted by molar-refractivity contribution is 0.0104. The van der Waals surface area contributed by atoms with Gasteiger partial charge in [-0.05, 0) is 42.7 Å². The average Bonchev–Trinajstić information content (AvgIpc) is 2.58. The number of hydrogen-bond acceptors (Lipinski definition) is 3. The highest BCUT2D eigenvalue weighted by atomic mass is 79.9. The Kier molecular flexibility index (Phi) is 5.47. The van der Waals surface area contributed by atoms with Gasteiger partial charge in [-0.3, -0.25) is 4.90 Å². The molecule has 0 radical (unpaired) electrons. The number of esters is 1. The average molecular weight is 374 g/mol. The molecule has 1 aliphatic heterocycles. The fraction of sp³-hybridized carbons (Fsp3) is 0.316. The van der Waals surface area contributed by atoms with Gasteiger partial charge in [-0.15, -0.1) is 0 Å². The summed E-state index contributed by atoms with van der Waals surface area (Å²) in [4.78, 5) is 14.6. The van der Waals surface area contributed by atoms with Crippen molar-refractivity contribution in [3.8, 4) is 0 Å². The first-order valence-corrected chi connectivity index (χ1v) is 8.73. The molecule has 0 unspecified atom stereocenters. The molecule has 2 aromatic carbocycles. The van der Waals surface area contributed by atoms with Crippen LogP contribution < -0.4 is 0 Å². The minimum atomic E-state index is -0.223. The Hall–Kier alpha value is -1.65. The monoisotopic (exact) mass is 373 g/mol. The third-order valence-corrected chi connectivity index (χ3v) is 4.67. The van der Waals surface area contributed by atoms with Crippen LogP contribution in [0.15, 0.2) is 59.1 Å². The van der Waals surface area contributed by atoms with E-state index in [0.717, 1.165) is 36.9 Å². The molecular weight excluding hydrogens is 354 g/mol. The first kappa shape index (κ1) is 16.2. The fourth-order valence-corrected chi connectivity index (χ4v) is 3.10. The predicted octanol–water partition coefficient (Wildman–Crippen LogP) is 4.27. The van der Waals surface area contributed by atoms with Crippen molar-refractivity contribution in [2.24, 2.45) is 0 Å². The van der Waals surface area contributed by atoms with E-state index < -0.39 is 0 Å². The maximum Gasteiger partial charge on any atom is 0.338 e. The van der Waals surface area contributed by atoms with Gasteiger partial charge in [-0.1, -0.05) is 46.3 Å². The summed E-state index contributed by atoms with van der Waals surface area (Å²) in [7, 11) is 0. The number of halogens is 1. The maximum absolute atomic E-state index is 12.1. The Bertz CT molecular complexity index is 634. The number of nitrogens with zero attached hydrogens (tertiary/aromatic N) is 1. The van der Waals surface area contributed by atoms with Crippen molar-refractivity contribution in [3.63, 3.8) is 0 Å². The standard InChI is InChI=1S/C19H20BrNO2/c20-17-8-6-16(7-9-17)19(22)23-18-10-12-21(13-11-18)14-15-4-2-1-3-5-15/h1-9,18H,10-14H2. The largest absolute Gasteiger partial charge is 0.459 e. The summed E-state index contributed by atoms with van der Waals surface area (Å²) in [5, 5.41) is 0. The molecular formula is C19H20BrNO2. The molecule has 1 aliphatic rings. The molecule has 0 N–H and O–H groups in total. The summed E-state index contributed by atoms with van der Waals surface area (Å²) in [5.41, 5.74) is 1.94. The maximum atomic E-state index is 12.1. The van der Waals surface area contributed by atoms with Gasteiger partial charge in [0.1, 0.15) is 6.10 Å². The minimum Gasteiger partial charge on any atom is -0.459 e. The second-order valence-corrected chi connectivity index (χ2v) is 6.79. The molecule has 0 bridgehead atoms. The van der Waals surface area contributed by atoms with E-state index in [1.807, 2.05) is 18.2 Å². The number of benzene rings is 2. The molecule has 0 saturated carbocycles. The van der Waals surface area contributed by atoms with E-state index in [-0.39, 0.29) is 12.1 Å². The predicted molar refractivity (Wildman–Crippen MR) is 94.3 cm³/mol. The van der Waals surface area contributed by atoms with Gasteiger partial charge in [0.15, 0.2) is 0 Å². The Labute approximate surface area is 145 Å². The zero-order chi connectivity index (χ0) is 16.1. The molecule has 120 valence electrons. The highest BCUT2D eigenvalue weighted by Gasteiger charge is 2.22. The van der Waals surface area contributed by atoms with E-state index in [0.29, 0.717) is 5.56 Å². The van der Waals surface area contributed by atoms with Crippen LogP contribution in [-0.2, 0) is 11.3 Å². The number of piperidine rings is 1. The van der Waals surface area contributed by atoms with E-state index in [9.17, 15) is 4.79 Å². The lowest BCUT2D eigenvalue weighted by atomic mass is 10.1. The molecule has 3 nitrogen and oxygen atoms in total. The van der Waals surface area contributed by atoms with Crippen molar-refractivity contribution in [1.29, 1.82) is 0 Å². The number of rotatable bonds is 4. The number of likely N-dealkylation sites (tertiary alicyclic amines) is 1. The Balaban J connectivity index is 1.47. The quantitative estimate of drug-likeness (QED) is 0.749. The van der Waals surface area contributed by atoms with Crippen LogP contribution in [0, 0.1) is 0 Å². The van der Waals surface area contributed by atoms with Crippen LogP contribution in [0.3, 0.4) is 0 Å². The molecule has 0 atom stereocenters. The molecule has 1 fully saturated rings. The van der Waals surface area contributed by atoms with Gasteiger partial charge in [-0.2, -0.15) is 0 Å². The minimum absolute atomic E-state index is 0.0261. The summed E-state index contributed by atoms with van der Waals surface area (Å²) in [6, 6.07) is 17.8. The fourth-order valence-electron chi connectivity index (χ4n) is 2.83. The summed E-state index contributed by atoms with van der Waals surface area (Å²) < 4.78 is 6.60. The zero-order valence-electron chi connectivity index (χ0n) is 13.0. The molecule has 3 rings (SSSR count). The number of carbonyl (C=O) groups excluding carboxylic acids is 1. The van der Waals surface area contributed by atoms with Gasteiger partial charge in [0.2, 0.25) is 0 Å². The highest BCUT2D eigenvalue weighted by molar-refractivity contribution is 9.10. The molecule has 0 aliphatic carbocycles. The Morgan fingerprint density at radius 1 is 1.04 bits per heavy atom. The second kappa shape index (κ2) is 7.75. The van der Waals surface area contributed by atoms with Crippen LogP contribution in [0.2, 0.25) is 0 Å². The van der Waals surface area contributed by atoms with Crippen molar-refractivity contribution < 1.29 is 9.53 Å². The number of ether oxygens (including phenoxy) is 1.